The van der Waals surface area contributed by atoms with Crippen molar-refractivity contribution in [1.29, 1.82) is 0 Å². The lowest BCUT2D eigenvalue weighted by atomic mass is 10.2. The first-order chi connectivity index (χ1) is 9.74. The first-order valence-electron chi connectivity index (χ1n) is 6.10. The summed E-state index contributed by atoms with van der Waals surface area (Å²) in [5, 5.41) is 6.91. The summed E-state index contributed by atoms with van der Waals surface area (Å²) in [7, 11) is 0. The van der Waals surface area contributed by atoms with Crippen molar-refractivity contribution in [3.05, 3.63) is 64.6 Å². The summed E-state index contributed by atoms with van der Waals surface area (Å²) in [5.74, 6) is -0.194. The quantitative estimate of drug-likeness (QED) is 0.653. The minimum atomic E-state index is -0.194. The van der Waals surface area contributed by atoms with Crippen LogP contribution in [0.2, 0.25) is 0 Å². The smallest absolute Gasteiger partial charge is 0.259 e. The van der Waals surface area contributed by atoms with Gasteiger partial charge in [0, 0.05) is 10.2 Å². The summed E-state index contributed by atoms with van der Waals surface area (Å²) in [6.07, 6.45) is 1.61. The number of anilines is 1. The van der Waals surface area contributed by atoms with Crippen molar-refractivity contribution >= 4 is 33.7 Å². The van der Waals surface area contributed by atoms with Crippen molar-refractivity contribution in [3.63, 3.8) is 0 Å². The average molecular weight is 332 g/mol. The molecule has 2 aromatic carbocycles. The van der Waals surface area contributed by atoms with Gasteiger partial charge >= 0.3 is 0 Å². The zero-order valence-corrected chi connectivity index (χ0v) is 12.3. The molecule has 102 valence electrons. The molecule has 20 heavy (non-hydrogen) atoms. The SMILES string of the molecule is O=C(CNc1ccc(Br)cc1)N/N=C/c1ccccc1. The molecule has 0 aliphatic carbocycles. The van der Waals surface area contributed by atoms with Crippen LogP contribution >= 0.6 is 15.9 Å². The molecular weight excluding hydrogens is 318 g/mol. The molecule has 0 radical (unpaired) electrons. The number of carbonyl (C=O) groups excluding carboxylic acids is 1. The molecule has 0 bridgehead atoms. The van der Waals surface area contributed by atoms with Crippen molar-refractivity contribution in [1.82, 2.24) is 5.43 Å². The van der Waals surface area contributed by atoms with E-state index in [2.05, 4.69) is 31.8 Å². The van der Waals surface area contributed by atoms with Gasteiger partial charge in [-0.15, -0.1) is 0 Å². The van der Waals surface area contributed by atoms with Gasteiger partial charge < -0.3 is 5.32 Å². The largest absolute Gasteiger partial charge is 0.376 e. The lowest BCUT2D eigenvalue weighted by Crippen LogP contribution is -2.25. The predicted molar refractivity (Wildman–Crippen MR) is 84.8 cm³/mol. The van der Waals surface area contributed by atoms with Crippen LogP contribution in [0.25, 0.3) is 0 Å². The molecule has 2 rings (SSSR count). The minimum absolute atomic E-state index is 0.174. The van der Waals surface area contributed by atoms with Crippen LogP contribution in [0.5, 0.6) is 0 Å². The number of rotatable bonds is 5. The van der Waals surface area contributed by atoms with Gasteiger partial charge in [0.2, 0.25) is 0 Å². The van der Waals surface area contributed by atoms with Gasteiger partial charge in [0.05, 0.1) is 12.8 Å². The van der Waals surface area contributed by atoms with Gasteiger partial charge in [-0.3, -0.25) is 4.79 Å². The summed E-state index contributed by atoms with van der Waals surface area (Å²) in [6, 6.07) is 17.2. The van der Waals surface area contributed by atoms with E-state index in [-0.39, 0.29) is 12.5 Å². The molecule has 2 N–H and O–H groups in total. The second-order valence-electron chi connectivity index (χ2n) is 4.06. The molecule has 0 saturated carbocycles. The fraction of sp³-hybridized carbons (Fsp3) is 0.0667. The van der Waals surface area contributed by atoms with Crippen molar-refractivity contribution in [2.45, 2.75) is 0 Å². The Balaban J connectivity index is 1.76. The zero-order chi connectivity index (χ0) is 14.2. The van der Waals surface area contributed by atoms with Crippen molar-refractivity contribution < 1.29 is 4.79 Å². The Kier molecular flexibility index (Phi) is 5.32. The number of nitrogens with zero attached hydrogens (tertiary/aromatic N) is 1. The first kappa shape index (κ1) is 14.3. The Hall–Kier alpha value is -2.14. The summed E-state index contributed by atoms with van der Waals surface area (Å²) in [6.45, 7) is 0.174. The number of amides is 1. The molecule has 0 aliphatic rings. The number of hydrazone groups is 1. The highest BCUT2D eigenvalue weighted by Crippen LogP contribution is 2.13. The Labute approximate surface area is 126 Å². The molecule has 4 nitrogen and oxygen atoms in total. The van der Waals surface area contributed by atoms with E-state index >= 15 is 0 Å². The van der Waals surface area contributed by atoms with E-state index in [9.17, 15) is 4.79 Å². The fourth-order valence-electron chi connectivity index (χ4n) is 1.51. The maximum atomic E-state index is 11.6. The van der Waals surface area contributed by atoms with Gasteiger partial charge in [-0.2, -0.15) is 5.10 Å². The normalized spacial score (nSPS) is 10.4. The van der Waals surface area contributed by atoms with Gasteiger partial charge in [-0.25, -0.2) is 5.43 Å². The van der Waals surface area contributed by atoms with E-state index in [1.807, 2.05) is 54.6 Å². The highest BCUT2D eigenvalue weighted by molar-refractivity contribution is 9.10. The van der Waals surface area contributed by atoms with Crippen LogP contribution in [0.4, 0.5) is 5.69 Å². The summed E-state index contributed by atoms with van der Waals surface area (Å²) >= 11 is 3.36. The monoisotopic (exact) mass is 331 g/mol. The lowest BCUT2D eigenvalue weighted by Gasteiger charge is -2.04. The van der Waals surface area contributed by atoms with Gasteiger partial charge in [0.1, 0.15) is 0 Å². The Morgan fingerprint density at radius 1 is 1.10 bits per heavy atom. The highest BCUT2D eigenvalue weighted by Gasteiger charge is 1.99. The van der Waals surface area contributed by atoms with Crippen LogP contribution in [0, 0.1) is 0 Å². The van der Waals surface area contributed by atoms with Crippen LogP contribution in [0.15, 0.2) is 64.2 Å². The van der Waals surface area contributed by atoms with E-state index in [1.54, 1.807) is 6.21 Å². The molecule has 0 spiro atoms. The third kappa shape index (κ3) is 4.85. The third-order valence-corrected chi connectivity index (χ3v) is 3.03. The molecule has 5 heteroatoms. The summed E-state index contributed by atoms with van der Waals surface area (Å²) < 4.78 is 1.000. The fourth-order valence-corrected chi connectivity index (χ4v) is 1.77. The van der Waals surface area contributed by atoms with Crippen molar-refractivity contribution in [3.8, 4) is 0 Å². The van der Waals surface area contributed by atoms with E-state index in [1.165, 1.54) is 0 Å². The maximum Gasteiger partial charge on any atom is 0.259 e. The van der Waals surface area contributed by atoms with Gasteiger partial charge in [-0.1, -0.05) is 46.3 Å². The van der Waals surface area contributed by atoms with Crippen molar-refractivity contribution in [2.24, 2.45) is 5.10 Å². The van der Waals surface area contributed by atoms with Crippen LogP contribution in [0.3, 0.4) is 0 Å². The maximum absolute atomic E-state index is 11.6. The molecule has 1 amide bonds. The molecule has 0 aliphatic heterocycles. The predicted octanol–water partition coefficient (Wildman–Crippen LogP) is 3.01. The summed E-state index contributed by atoms with van der Waals surface area (Å²) in [4.78, 5) is 11.6. The van der Waals surface area contributed by atoms with E-state index in [0.717, 1.165) is 15.7 Å². The Morgan fingerprint density at radius 2 is 1.80 bits per heavy atom. The van der Waals surface area contributed by atoms with Gasteiger partial charge in [0.15, 0.2) is 0 Å². The molecule has 0 unspecified atom stereocenters. The van der Waals surface area contributed by atoms with Crippen LogP contribution in [-0.4, -0.2) is 18.7 Å². The molecule has 0 fully saturated rings. The van der Waals surface area contributed by atoms with Crippen LogP contribution < -0.4 is 10.7 Å². The minimum Gasteiger partial charge on any atom is -0.376 e. The van der Waals surface area contributed by atoms with E-state index in [0.29, 0.717) is 0 Å². The van der Waals surface area contributed by atoms with Gasteiger partial charge in [-0.05, 0) is 29.8 Å². The second kappa shape index (κ2) is 7.45. The standard InChI is InChI=1S/C15H14BrN3O/c16-13-6-8-14(9-7-13)17-11-15(20)19-18-10-12-4-2-1-3-5-12/h1-10,17H,11H2,(H,19,20)/b18-10+. The first-order valence-corrected chi connectivity index (χ1v) is 6.90. The molecule has 0 aromatic heterocycles. The zero-order valence-electron chi connectivity index (χ0n) is 10.7. The van der Waals surface area contributed by atoms with Crippen molar-refractivity contribution in [2.75, 3.05) is 11.9 Å². The second-order valence-corrected chi connectivity index (χ2v) is 4.98. The Bertz CT molecular complexity index is 582. The number of hydrogen-bond acceptors (Lipinski definition) is 3. The van der Waals surface area contributed by atoms with E-state index < -0.39 is 0 Å². The summed E-state index contributed by atoms with van der Waals surface area (Å²) in [5.41, 5.74) is 4.29. The Morgan fingerprint density at radius 3 is 2.50 bits per heavy atom. The molecule has 2 aromatic rings. The number of benzene rings is 2. The molecule has 0 heterocycles. The third-order valence-electron chi connectivity index (χ3n) is 2.50. The topological polar surface area (TPSA) is 53.5 Å². The van der Waals surface area contributed by atoms with E-state index in [4.69, 9.17) is 0 Å². The lowest BCUT2D eigenvalue weighted by molar-refractivity contribution is -0.119. The van der Waals surface area contributed by atoms with Crippen LogP contribution in [-0.2, 0) is 4.79 Å². The van der Waals surface area contributed by atoms with Crippen LogP contribution in [0.1, 0.15) is 5.56 Å². The molecular formula is C15H14BrN3O. The number of carbonyl (C=O) groups is 1. The van der Waals surface area contributed by atoms with Gasteiger partial charge in [0.25, 0.3) is 5.91 Å². The number of halogens is 1. The average Bonchev–Trinajstić information content (AvgIpc) is 2.48. The molecule has 0 saturated heterocycles. The number of hydrogen-bond donors (Lipinski definition) is 2. The molecule has 0 atom stereocenters. The highest BCUT2D eigenvalue weighted by atomic mass is 79.9. The number of nitrogens with one attached hydrogen (secondary N) is 2.